The molecule has 0 saturated heterocycles. The molecule has 1 aliphatic rings. The van der Waals surface area contributed by atoms with Crippen LogP contribution in [-0.4, -0.2) is 40.9 Å². The number of aliphatic hydroxyl groups is 1. The molecule has 6 heteroatoms. The number of urea groups is 1. The van der Waals surface area contributed by atoms with E-state index in [1.54, 1.807) is 0 Å². The van der Waals surface area contributed by atoms with Gasteiger partial charge in [-0.25, -0.2) is 9.59 Å². The predicted molar refractivity (Wildman–Crippen MR) is 61.6 cm³/mol. The fourth-order valence-corrected chi connectivity index (χ4v) is 1.98. The molecule has 4 N–H and O–H groups in total. The highest BCUT2D eigenvalue weighted by molar-refractivity contribution is 5.82. The number of carbonyl (C=O) groups is 2. The van der Waals surface area contributed by atoms with Crippen LogP contribution in [-0.2, 0) is 4.79 Å². The number of aliphatic carboxylic acids is 1. The molecule has 0 heterocycles. The van der Waals surface area contributed by atoms with Gasteiger partial charge in [0.2, 0.25) is 0 Å². The Morgan fingerprint density at radius 2 is 1.88 bits per heavy atom. The largest absolute Gasteiger partial charge is 0.480 e. The average Bonchev–Trinajstić information content (AvgIpc) is 2.28. The van der Waals surface area contributed by atoms with Gasteiger partial charge in [-0.1, -0.05) is 6.92 Å². The summed E-state index contributed by atoms with van der Waals surface area (Å²) in [5.41, 5.74) is 0. The van der Waals surface area contributed by atoms with Gasteiger partial charge in [0.15, 0.2) is 6.04 Å². The van der Waals surface area contributed by atoms with Gasteiger partial charge >= 0.3 is 12.0 Å². The van der Waals surface area contributed by atoms with Crippen LogP contribution in [0.25, 0.3) is 0 Å². The fourth-order valence-electron chi connectivity index (χ4n) is 1.98. The summed E-state index contributed by atoms with van der Waals surface area (Å²) in [5, 5.41) is 22.4. The fraction of sp³-hybridized carbons (Fsp3) is 0.818. The number of aliphatic hydroxyl groups excluding tert-OH is 1. The number of carbonyl (C=O) groups excluding carboxylic acids is 1. The Kier molecular flexibility index (Phi) is 5.21. The molecule has 0 spiro atoms. The van der Waals surface area contributed by atoms with Gasteiger partial charge in [-0.05, 0) is 31.6 Å². The monoisotopic (exact) mass is 244 g/mol. The van der Waals surface area contributed by atoms with E-state index in [0.29, 0.717) is 5.92 Å². The molecule has 17 heavy (non-hydrogen) atoms. The van der Waals surface area contributed by atoms with Crippen molar-refractivity contribution in [2.45, 2.75) is 44.7 Å². The molecule has 1 fully saturated rings. The first kappa shape index (κ1) is 13.8. The van der Waals surface area contributed by atoms with E-state index < -0.39 is 24.6 Å². The SMILES string of the molecule is CC1CCC(NC(=O)N[C@H](CO)C(=O)O)CC1. The molecule has 1 atom stereocenters. The van der Waals surface area contributed by atoms with Crippen molar-refractivity contribution >= 4 is 12.0 Å². The second-order valence-electron chi connectivity index (χ2n) is 4.65. The van der Waals surface area contributed by atoms with E-state index in [1.807, 2.05) is 0 Å². The summed E-state index contributed by atoms with van der Waals surface area (Å²) in [4.78, 5) is 22.1. The van der Waals surface area contributed by atoms with Gasteiger partial charge in [0.25, 0.3) is 0 Å². The van der Waals surface area contributed by atoms with Crippen LogP contribution in [0.1, 0.15) is 32.6 Å². The second-order valence-corrected chi connectivity index (χ2v) is 4.65. The van der Waals surface area contributed by atoms with Crippen molar-refractivity contribution in [2.75, 3.05) is 6.61 Å². The Hall–Kier alpha value is -1.30. The Morgan fingerprint density at radius 3 is 2.35 bits per heavy atom. The summed E-state index contributed by atoms with van der Waals surface area (Å²) in [6.07, 6.45) is 4.00. The first-order chi connectivity index (χ1) is 8.02. The summed E-state index contributed by atoms with van der Waals surface area (Å²) in [5.74, 6) is -0.541. The van der Waals surface area contributed by atoms with E-state index in [9.17, 15) is 9.59 Å². The van der Waals surface area contributed by atoms with E-state index in [0.717, 1.165) is 25.7 Å². The highest BCUT2D eigenvalue weighted by atomic mass is 16.4. The van der Waals surface area contributed by atoms with Crippen LogP contribution >= 0.6 is 0 Å². The molecule has 0 radical (unpaired) electrons. The van der Waals surface area contributed by atoms with E-state index in [1.165, 1.54) is 0 Å². The van der Waals surface area contributed by atoms with Crippen LogP contribution in [0, 0.1) is 5.92 Å². The first-order valence-corrected chi connectivity index (χ1v) is 5.93. The van der Waals surface area contributed by atoms with Gasteiger partial charge < -0.3 is 20.8 Å². The predicted octanol–water partition coefficient (Wildman–Crippen LogP) is 0.310. The van der Waals surface area contributed by atoms with Crippen LogP contribution < -0.4 is 10.6 Å². The first-order valence-electron chi connectivity index (χ1n) is 5.93. The van der Waals surface area contributed by atoms with Crippen LogP contribution in [0.5, 0.6) is 0 Å². The maximum absolute atomic E-state index is 11.5. The molecule has 1 saturated carbocycles. The van der Waals surface area contributed by atoms with Gasteiger partial charge in [0, 0.05) is 6.04 Å². The zero-order chi connectivity index (χ0) is 12.8. The molecule has 0 aromatic rings. The third-order valence-electron chi connectivity index (χ3n) is 3.14. The molecule has 0 bridgehead atoms. The Morgan fingerprint density at radius 1 is 1.29 bits per heavy atom. The quantitative estimate of drug-likeness (QED) is 0.572. The standard InChI is InChI=1S/C11H20N2O4/c1-7-2-4-8(5-3-7)12-11(17)13-9(6-14)10(15)16/h7-9,14H,2-6H2,1H3,(H,15,16)(H2,12,13,17)/t7?,8?,9-/m1/s1. The number of carboxylic acids is 1. The van der Waals surface area contributed by atoms with Crippen LogP contribution in [0.2, 0.25) is 0 Å². The summed E-state index contributed by atoms with van der Waals surface area (Å²) in [7, 11) is 0. The van der Waals surface area contributed by atoms with Crippen molar-refractivity contribution in [1.82, 2.24) is 10.6 Å². The summed E-state index contributed by atoms with van der Waals surface area (Å²) < 4.78 is 0. The third-order valence-corrected chi connectivity index (χ3v) is 3.14. The zero-order valence-electron chi connectivity index (χ0n) is 9.98. The summed E-state index contributed by atoms with van der Waals surface area (Å²) >= 11 is 0. The number of hydrogen-bond acceptors (Lipinski definition) is 3. The van der Waals surface area contributed by atoms with Gasteiger partial charge in [-0.15, -0.1) is 0 Å². The number of amides is 2. The minimum absolute atomic E-state index is 0.110. The van der Waals surface area contributed by atoms with Crippen molar-refractivity contribution in [1.29, 1.82) is 0 Å². The summed E-state index contributed by atoms with van der Waals surface area (Å²) in [6.45, 7) is 1.58. The smallest absolute Gasteiger partial charge is 0.328 e. The molecule has 0 unspecified atom stereocenters. The molecule has 0 aromatic heterocycles. The molecule has 6 nitrogen and oxygen atoms in total. The Balaban J connectivity index is 2.31. The average molecular weight is 244 g/mol. The molecule has 1 aliphatic carbocycles. The van der Waals surface area contributed by atoms with E-state index in [2.05, 4.69) is 17.6 Å². The maximum atomic E-state index is 11.5. The zero-order valence-corrected chi connectivity index (χ0v) is 9.98. The molecule has 2 amide bonds. The molecule has 98 valence electrons. The van der Waals surface area contributed by atoms with Crippen molar-refractivity contribution in [2.24, 2.45) is 5.92 Å². The van der Waals surface area contributed by atoms with Crippen LogP contribution in [0.15, 0.2) is 0 Å². The lowest BCUT2D eigenvalue weighted by Gasteiger charge is -2.27. The van der Waals surface area contributed by atoms with E-state index in [4.69, 9.17) is 10.2 Å². The minimum atomic E-state index is -1.24. The number of hydrogen-bond donors (Lipinski definition) is 4. The van der Waals surface area contributed by atoms with Gasteiger partial charge in [0.1, 0.15) is 0 Å². The maximum Gasteiger partial charge on any atom is 0.328 e. The molecule has 1 rings (SSSR count). The Labute approximate surface area is 100 Å². The van der Waals surface area contributed by atoms with Crippen LogP contribution in [0.3, 0.4) is 0 Å². The number of carboxylic acid groups (broad SMARTS) is 1. The van der Waals surface area contributed by atoms with Crippen molar-refractivity contribution in [3.63, 3.8) is 0 Å². The molecule has 0 aliphatic heterocycles. The van der Waals surface area contributed by atoms with Crippen molar-refractivity contribution in [3.8, 4) is 0 Å². The van der Waals surface area contributed by atoms with Gasteiger partial charge in [-0.3, -0.25) is 0 Å². The highest BCUT2D eigenvalue weighted by Gasteiger charge is 2.22. The molecular formula is C11H20N2O4. The van der Waals surface area contributed by atoms with E-state index >= 15 is 0 Å². The number of nitrogens with one attached hydrogen (secondary N) is 2. The van der Waals surface area contributed by atoms with E-state index in [-0.39, 0.29) is 6.04 Å². The topological polar surface area (TPSA) is 98.7 Å². The minimum Gasteiger partial charge on any atom is -0.480 e. The van der Waals surface area contributed by atoms with Gasteiger partial charge in [-0.2, -0.15) is 0 Å². The molecular weight excluding hydrogens is 224 g/mol. The van der Waals surface area contributed by atoms with Crippen molar-refractivity contribution < 1.29 is 19.8 Å². The van der Waals surface area contributed by atoms with Crippen molar-refractivity contribution in [3.05, 3.63) is 0 Å². The lowest BCUT2D eigenvalue weighted by molar-refractivity contribution is -0.140. The van der Waals surface area contributed by atoms with Gasteiger partial charge in [0.05, 0.1) is 6.61 Å². The lowest BCUT2D eigenvalue weighted by atomic mass is 9.87. The van der Waals surface area contributed by atoms with Crippen LogP contribution in [0.4, 0.5) is 4.79 Å². The lowest BCUT2D eigenvalue weighted by Crippen LogP contribution is -2.50. The third kappa shape index (κ3) is 4.60. The summed E-state index contributed by atoms with van der Waals surface area (Å²) in [6, 6.07) is -1.65. The second kappa shape index (κ2) is 6.44. The molecule has 0 aromatic carbocycles. The number of rotatable bonds is 4. The highest BCUT2D eigenvalue weighted by Crippen LogP contribution is 2.23. The normalized spacial score (nSPS) is 26.0. The Bertz CT molecular complexity index is 275.